The lowest BCUT2D eigenvalue weighted by Gasteiger charge is -2.33. The zero-order valence-corrected chi connectivity index (χ0v) is 19.9. The summed E-state index contributed by atoms with van der Waals surface area (Å²) < 4.78 is 14.4. The largest absolute Gasteiger partial charge is 0.307 e. The minimum Gasteiger partial charge on any atom is -0.307 e. The number of hydrogen-bond donors (Lipinski definition) is 1. The summed E-state index contributed by atoms with van der Waals surface area (Å²) in [5.41, 5.74) is 3.42. The number of hydrogen-bond acceptors (Lipinski definition) is 3. The Bertz CT molecular complexity index is 1440. The lowest BCUT2D eigenvalue weighted by atomic mass is 9.94. The number of rotatable bonds is 5. The van der Waals surface area contributed by atoms with E-state index in [0.29, 0.717) is 11.4 Å². The summed E-state index contributed by atoms with van der Waals surface area (Å²) in [6.45, 7) is 0. The quantitative estimate of drug-likeness (QED) is 0.397. The van der Waals surface area contributed by atoms with Crippen molar-refractivity contribution in [2.24, 2.45) is 0 Å². The second-order valence-corrected chi connectivity index (χ2v) is 9.60. The number of aromatic amines is 1. The number of anilines is 2. The van der Waals surface area contributed by atoms with Crippen LogP contribution in [-0.2, 0) is 16.0 Å². The van der Waals surface area contributed by atoms with Gasteiger partial charge in [-0.1, -0.05) is 61.7 Å². The van der Waals surface area contributed by atoms with E-state index in [4.69, 9.17) is 0 Å². The number of amides is 2. The van der Waals surface area contributed by atoms with E-state index in [1.165, 1.54) is 23.5 Å². The third-order valence-corrected chi connectivity index (χ3v) is 7.38. The first-order valence-corrected chi connectivity index (χ1v) is 12.5. The van der Waals surface area contributed by atoms with Gasteiger partial charge in [-0.25, -0.2) is 4.39 Å². The summed E-state index contributed by atoms with van der Waals surface area (Å²) in [5.74, 6) is -0.885. The highest BCUT2D eigenvalue weighted by atomic mass is 19.1. The monoisotopic (exact) mass is 482 g/mol. The number of nitrogens with one attached hydrogen (secondary N) is 1. The number of para-hydroxylation sites is 2. The maximum absolute atomic E-state index is 14.4. The van der Waals surface area contributed by atoms with Crippen molar-refractivity contribution in [2.45, 2.75) is 50.6 Å². The van der Waals surface area contributed by atoms with Gasteiger partial charge in [0, 0.05) is 28.4 Å². The summed E-state index contributed by atoms with van der Waals surface area (Å²) in [6, 6.07) is 20.4. The van der Waals surface area contributed by atoms with Crippen molar-refractivity contribution in [3.63, 3.8) is 0 Å². The molecule has 1 N–H and O–H groups in total. The van der Waals surface area contributed by atoms with Crippen molar-refractivity contribution in [3.8, 4) is 0 Å². The fourth-order valence-corrected chi connectivity index (χ4v) is 5.74. The predicted molar refractivity (Wildman–Crippen MR) is 137 cm³/mol. The molecule has 1 atom stereocenters. The van der Waals surface area contributed by atoms with Crippen molar-refractivity contribution >= 4 is 34.1 Å². The normalized spacial score (nSPS) is 18.0. The van der Waals surface area contributed by atoms with Crippen LogP contribution in [0, 0.1) is 5.82 Å². The Morgan fingerprint density at radius 3 is 2.61 bits per heavy atom. The molecule has 36 heavy (non-hydrogen) atoms. The fourth-order valence-electron chi connectivity index (χ4n) is 5.74. The molecule has 2 heterocycles. The van der Waals surface area contributed by atoms with Gasteiger partial charge in [0.1, 0.15) is 11.9 Å². The third kappa shape index (κ3) is 3.85. The van der Waals surface area contributed by atoms with Gasteiger partial charge >= 0.3 is 0 Å². The van der Waals surface area contributed by atoms with Gasteiger partial charge in [0.15, 0.2) is 0 Å². The number of H-pyrrole nitrogens is 1. The lowest BCUT2D eigenvalue weighted by Crippen LogP contribution is -2.45. The van der Waals surface area contributed by atoms with E-state index in [2.05, 4.69) is 10.2 Å². The third-order valence-electron chi connectivity index (χ3n) is 7.38. The molecule has 6 nitrogen and oxygen atoms in total. The zero-order chi connectivity index (χ0) is 24.6. The lowest BCUT2D eigenvalue weighted by molar-refractivity contribution is -0.124. The number of fused-ring (bicyclic) bond motifs is 2. The average Bonchev–Trinajstić information content (AvgIpc) is 3.43. The standard InChI is InChI=1S/C29H27FN4O2/c30-19-9-8-12-21(17-19)34(27(35)18-25-22-13-4-6-15-24(22)31-32-25)28-23-14-5-7-16-26(23)33(29(28)36)20-10-2-1-3-11-20/h4-9,12-17,20,28H,1-3,10-11,18H2,(H,31,32). The molecule has 0 radical (unpaired) electrons. The van der Waals surface area contributed by atoms with Gasteiger partial charge in [0.05, 0.1) is 17.6 Å². The zero-order valence-electron chi connectivity index (χ0n) is 19.9. The van der Waals surface area contributed by atoms with Crippen molar-refractivity contribution in [1.82, 2.24) is 10.2 Å². The van der Waals surface area contributed by atoms with E-state index in [9.17, 15) is 14.0 Å². The number of halogens is 1. The van der Waals surface area contributed by atoms with Crippen LogP contribution in [0.15, 0.2) is 72.8 Å². The minimum atomic E-state index is -0.855. The van der Waals surface area contributed by atoms with Gasteiger partial charge in [0.25, 0.3) is 5.91 Å². The Morgan fingerprint density at radius 2 is 1.78 bits per heavy atom. The summed E-state index contributed by atoms with van der Waals surface area (Å²) in [4.78, 5) is 31.4. The predicted octanol–water partition coefficient (Wildman–Crippen LogP) is 5.70. The van der Waals surface area contributed by atoms with Gasteiger partial charge in [-0.2, -0.15) is 5.10 Å². The Hall–Kier alpha value is -4.00. The molecular weight excluding hydrogens is 455 g/mol. The highest BCUT2D eigenvalue weighted by Gasteiger charge is 2.45. The molecule has 1 unspecified atom stereocenters. The first kappa shape index (κ1) is 22.5. The molecular formula is C29H27FN4O2. The van der Waals surface area contributed by atoms with Crippen LogP contribution in [0.5, 0.6) is 0 Å². The molecule has 7 heteroatoms. The van der Waals surface area contributed by atoms with Crippen molar-refractivity contribution in [1.29, 1.82) is 0 Å². The van der Waals surface area contributed by atoms with Crippen LogP contribution in [0.25, 0.3) is 10.9 Å². The molecule has 0 spiro atoms. The molecule has 6 rings (SSSR count). The topological polar surface area (TPSA) is 69.3 Å². The number of nitrogens with zero attached hydrogens (tertiary/aromatic N) is 3. The maximum Gasteiger partial charge on any atom is 0.255 e. The molecule has 2 amide bonds. The van der Waals surface area contributed by atoms with Crippen molar-refractivity contribution < 1.29 is 14.0 Å². The van der Waals surface area contributed by atoms with Crippen molar-refractivity contribution in [2.75, 3.05) is 9.80 Å². The SMILES string of the molecule is O=C1C(N(C(=O)Cc2[nH]nc3ccccc23)c2cccc(F)c2)c2ccccc2N1C1CCCCC1. The molecule has 2 aliphatic rings. The summed E-state index contributed by atoms with van der Waals surface area (Å²) in [5, 5.41) is 8.14. The van der Waals surface area contributed by atoms with E-state index < -0.39 is 11.9 Å². The van der Waals surface area contributed by atoms with Crippen LogP contribution in [0.4, 0.5) is 15.8 Å². The second kappa shape index (κ2) is 9.22. The number of benzene rings is 3. The van der Waals surface area contributed by atoms with Crippen LogP contribution >= 0.6 is 0 Å². The van der Waals surface area contributed by atoms with E-state index in [-0.39, 0.29) is 24.3 Å². The van der Waals surface area contributed by atoms with E-state index in [1.54, 1.807) is 12.1 Å². The molecule has 4 aromatic rings. The van der Waals surface area contributed by atoms with Gasteiger partial charge < -0.3 is 4.90 Å². The van der Waals surface area contributed by atoms with Crippen LogP contribution in [-0.4, -0.2) is 28.1 Å². The number of aromatic nitrogens is 2. The Kier molecular flexibility index (Phi) is 5.76. The molecule has 1 saturated carbocycles. The number of carbonyl (C=O) groups is 2. The Morgan fingerprint density at radius 1 is 1.00 bits per heavy atom. The van der Waals surface area contributed by atoms with Crippen LogP contribution in [0.3, 0.4) is 0 Å². The molecule has 1 fully saturated rings. The molecule has 1 aliphatic carbocycles. The van der Waals surface area contributed by atoms with Gasteiger partial charge in [-0.3, -0.25) is 19.6 Å². The first-order valence-electron chi connectivity index (χ1n) is 12.5. The van der Waals surface area contributed by atoms with E-state index in [0.717, 1.165) is 47.8 Å². The Labute approximate surface area is 208 Å². The molecule has 0 saturated heterocycles. The highest BCUT2D eigenvalue weighted by Crippen LogP contribution is 2.44. The fraction of sp³-hybridized carbons (Fsp3) is 0.276. The molecule has 1 aromatic heterocycles. The van der Waals surface area contributed by atoms with Crippen molar-refractivity contribution in [3.05, 3.63) is 89.9 Å². The molecule has 3 aromatic carbocycles. The molecule has 1 aliphatic heterocycles. The Balaban J connectivity index is 1.43. The van der Waals surface area contributed by atoms with E-state index >= 15 is 0 Å². The summed E-state index contributed by atoms with van der Waals surface area (Å²) >= 11 is 0. The first-order chi connectivity index (χ1) is 17.6. The summed E-state index contributed by atoms with van der Waals surface area (Å²) in [7, 11) is 0. The van der Waals surface area contributed by atoms with E-state index in [1.807, 2.05) is 53.4 Å². The van der Waals surface area contributed by atoms with Gasteiger partial charge in [0.2, 0.25) is 5.91 Å². The maximum atomic E-state index is 14.4. The average molecular weight is 483 g/mol. The summed E-state index contributed by atoms with van der Waals surface area (Å²) in [6.07, 6.45) is 5.24. The number of carbonyl (C=O) groups excluding carboxylic acids is 2. The molecule has 182 valence electrons. The van der Waals surface area contributed by atoms with Gasteiger partial charge in [-0.05, 0) is 43.2 Å². The second-order valence-electron chi connectivity index (χ2n) is 9.60. The van der Waals surface area contributed by atoms with Gasteiger partial charge in [-0.15, -0.1) is 0 Å². The van der Waals surface area contributed by atoms with Crippen LogP contribution in [0.2, 0.25) is 0 Å². The van der Waals surface area contributed by atoms with Crippen LogP contribution in [0.1, 0.15) is 49.4 Å². The minimum absolute atomic E-state index is 0.00635. The highest BCUT2D eigenvalue weighted by molar-refractivity contribution is 6.12. The smallest absolute Gasteiger partial charge is 0.255 e. The van der Waals surface area contributed by atoms with Crippen LogP contribution < -0.4 is 9.80 Å². The molecule has 0 bridgehead atoms.